The third-order valence-electron chi connectivity index (χ3n) is 5.85. The highest BCUT2D eigenvalue weighted by molar-refractivity contribution is 5.75. The smallest absolute Gasteiger partial charge is 0.0961 e. The maximum absolute atomic E-state index is 4.54. The summed E-state index contributed by atoms with van der Waals surface area (Å²) in [6.07, 6.45) is 9.31. The van der Waals surface area contributed by atoms with Gasteiger partial charge in [-0.25, -0.2) is 4.98 Å². The molecule has 0 amide bonds. The number of likely N-dealkylation sites (tertiary alicyclic amines) is 1. The van der Waals surface area contributed by atoms with Crippen LogP contribution in [0.2, 0.25) is 0 Å². The van der Waals surface area contributed by atoms with Crippen molar-refractivity contribution in [1.82, 2.24) is 14.5 Å². The first-order valence-electron chi connectivity index (χ1n) is 8.95. The van der Waals surface area contributed by atoms with Crippen LogP contribution in [0.4, 0.5) is 0 Å². The Balaban J connectivity index is 1.44. The topological polar surface area (TPSA) is 21.1 Å². The Bertz CT molecular complexity index is 632. The summed E-state index contributed by atoms with van der Waals surface area (Å²) >= 11 is 0. The average molecular weight is 297 g/mol. The zero-order valence-electron chi connectivity index (χ0n) is 13.6. The van der Waals surface area contributed by atoms with E-state index < -0.39 is 0 Å². The van der Waals surface area contributed by atoms with Crippen molar-refractivity contribution in [2.75, 3.05) is 19.6 Å². The molecule has 1 aromatic carbocycles. The van der Waals surface area contributed by atoms with E-state index in [-0.39, 0.29) is 0 Å². The minimum atomic E-state index is 0.493. The highest BCUT2D eigenvalue weighted by Gasteiger charge is 2.31. The van der Waals surface area contributed by atoms with Crippen molar-refractivity contribution in [3.8, 4) is 0 Å². The molecule has 1 unspecified atom stereocenters. The largest absolute Gasteiger partial charge is 0.326 e. The molecular weight excluding hydrogens is 270 g/mol. The lowest BCUT2D eigenvalue weighted by Crippen LogP contribution is -2.43. The van der Waals surface area contributed by atoms with Crippen molar-refractivity contribution >= 4 is 11.0 Å². The van der Waals surface area contributed by atoms with Gasteiger partial charge in [-0.3, -0.25) is 0 Å². The lowest BCUT2D eigenvalue weighted by molar-refractivity contribution is 0.0787. The molecule has 0 radical (unpaired) electrons. The van der Waals surface area contributed by atoms with Crippen LogP contribution in [-0.2, 0) is 0 Å². The van der Waals surface area contributed by atoms with Gasteiger partial charge in [-0.2, -0.15) is 0 Å². The third-order valence-corrected chi connectivity index (χ3v) is 5.85. The van der Waals surface area contributed by atoms with Crippen LogP contribution in [0.1, 0.15) is 45.1 Å². The van der Waals surface area contributed by atoms with Gasteiger partial charge < -0.3 is 9.47 Å². The average Bonchev–Trinajstić information content (AvgIpc) is 2.99. The van der Waals surface area contributed by atoms with Gasteiger partial charge in [-0.05, 0) is 50.3 Å². The third kappa shape index (κ3) is 2.67. The summed E-state index contributed by atoms with van der Waals surface area (Å²) in [5.41, 5.74) is 2.38. The lowest BCUT2D eigenvalue weighted by atomic mass is 9.75. The Morgan fingerprint density at radius 1 is 1.14 bits per heavy atom. The van der Waals surface area contributed by atoms with Crippen LogP contribution in [0.3, 0.4) is 0 Å². The van der Waals surface area contributed by atoms with E-state index in [0.29, 0.717) is 6.04 Å². The summed E-state index contributed by atoms with van der Waals surface area (Å²) in [6, 6.07) is 8.96. The minimum absolute atomic E-state index is 0.493. The molecule has 1 aliphatic carbocycles. The number of nitrogens with zero attached hydrogens (tertiary/aromatic N) is 3. The van der Waals surface area contributed by atoms with Crippen LogP contribution >= 0.6 is 0 Å². The fourth-order valence-electron chi connectivity index (χ4n) is 4.63. The van der Waals surface area contributed by atoms with Crippen molar-refractivity contribution in [3.05, 3.63) is 30.6 Å². The van der Waals surface area contributed by atoms with Crippen LogP contribution < -0.4 is 0 Å². The van der Waals surface area contributed by atoms with Gasteiger partial charge in [0.25, 0.3) is 0 Å². The standard InChI is InChI=1S/C19H27N3/c1-15(22-14-20-18-8-4-5-9-19(18)22)12-21-11-10-16-6-2-3-7-17(16)13-21/h4-5,8-9,14-17H,2-3,6-7,10-13H2,1H3/t15?,16-,17+/m0/s1. The fraction of sp³-hybridized carbons (Fsp3) is 0.632. The molecule has 2 fully saturated rings. The molecule has 1 aliphatic heterocycles. The molecule has 0 bridgehead atoms. The van der Waals surface area contributed by atoms with Gasteiger partial charge in [0.15, 0.2) is 0 Å². The predicted octanol–water partition coefficient (Wildman–Crippen LogP) is 4.11. The molecule has 0 spiro atoms. The van der Waals surface area contributed by atoms with Crippen molar-refractivity contribution in [2.45, 2.75) is 45.1 Å². The van der Waals surface area contributed by atoms with Gasteiger partial charge in [-0.15, -0.1) is 0 Å². The van der Waals surface area contributed by atoms with Crippen molar-refractivity contribution < 1.29 is 0 Å². The lowest BCUT2D eigenvalue weighted by Gasteiger charge is -2.42. The van der Waals surface area contributed by atoms with Crippen molar-refractivity contribution in [3.63, 3.8) is 0 Å². The Hall–Kier alpha value is -1.35. The predicted molar refractivity (Wildman–Crippen MR) is 90.9 cm³/mol. The molecule has 2 heterocycles. The van der Waals surface area contributed by atoms with E-state index in [2.05, 4.69) is 45.6 Å². The molecule has 4 rings (SSSR count). The first-order valence-corrected chi connectivity index (χ1v) is 8.95. The number of hydrogen-bond donors (Lipinski definition) is 0. The quantitative estimate of drug-likeness (QED) is 0.850. The number of imidazole rings is 1. The molecule has 2 aromatic rings. The van der Waals surface area contributed by atoms with Gasteiger partial charge in [0.2, 0.25) is 0 Å². The zero-order valence-corrected chi connectivity index (χ0v) is 13.6. The number of benzene rings is 1. The molecule has 2 aliphatic rings. The normalized spacial score (nSPS) is 27.7. The molecule has 1 saturated heterocycles. The van der Waals surface area contributed by atoms with Crippen LogP contribution in [0.5, 0.6) is 0 Å². The SMILES string of the molecule is CC(CN1CC[C@@H]2CCCC[C@@H]2C1)n1cnc2ccccc21. The Labute approximate surface area is 133 Å². The first kappa shape index (κ1) is 14.3. The maximum atomic E-state index is 4.54. The number of piperidine rings is 1. The minimum Gasteiger partial charge on any atom is -0.326 e. The summed E-state index contributed by atoms with van der Waals surface area (Å²) in [5.74, 6) is 1.99. The van der Waals surface area contributed by atoms with E-state index in [1.54, 1.807) is 0 Å². The first-order chi connectivity index (χ1) is 10.8. The van der Waals surface area contributed by atoms with Crippen LogP contribution in [0.15, 0.2) is 30.6 Å². The molecule has 1 saturated carbocycles. The Kier molecular flexibility index (Phi) is 3.91. The summed E-state index contributed by atoms with van der Waals surface area (Å²) < 4.78 is 2.35. The van der Waals surface area contributed by atoms with Gasteiger partial charge in [0, 0.05) is 19.1 Å². The van der Waals surface area contributed by atoms with Gasteiger partial charge >= 0.3 is 0 Å². The highest BCUT2D eigenvalue weighted by atomic mass is 15.2. The summed E-state index contributed by atoms with van der Waals surface area (Å²) in [5, 5.41) is 0. The molecular formula is C19H27N3. The van der Waals surface area contributed by atoms with Gasteiger partial charge in [0.05, 0.1) is 17.4 Å². The van der Waals surface area contributed by atoms with Gasteiger partial charge in [-0.1, -0.05) is 31.4 Å². The molecule has 0 N–H and O–H groups in total. The van der Waals surface area contributed by atoms with Gasteiger partial charge in [0.1, 0.15) is 0 Å². The number of rotatable bonds is 3. The number of fused-ring (bicyclic) bond motifs is 2. The number of hydrogen-bond acceptors (Lipinski definition) is 2. The summed E-state index contributed by atoms with van der Waals surface area (Å²) in [4.78, 5) is 7.24. The van der Waals surface area contributed by atoms with Crippen molar-refractivity contribution in [2.24, 2.45) is 11.8 Å². The van der Waals surface area contributed by atoms with E-state index in [1.807, 2.05) is 6.33 Å². The summed E-state index contributed by atoms with van der Waals surface area (Å²) in [7, 11) is 0. The van der Waals surface area contributed by atoms with E-state index in [0.717, 1.165) is 23.9 Å². The second-order valence-electron chi connectivity index (χ2n) is 7.34. The Morgan fingerprint density at radius 3 is 2.86 bits per heavy atom. The zero-order chi connectivity index (χ0) is 14.9. The van der Waals surface area contributed by atoms with E-state index in [1.165, 1.54) is 50.7 Å². The molecule has 3 heteroatoms. The van der Waals surface area contributed by atoms with E-state index in [9.17, 15) is 0 Å². The van der Waals surface area contributed by atoms with E-state index in [4.69, 9.17) is 0 Å². The second kappa shape index (κ2) is 6.04. The fourth-order valence-corrected chi connectivity index (χ4v) is 4.63. The molecule has 3 nitrogen and oxygen atoms in total. The Morgan fingerprint density at radius 2 is 1.95 bits per heavy atom. The molecule has 3 atom stereocenters. The van der Waals surface area contributed by atoms with Crippen LogP contribution in [0, 0.1) is 11.8 Å². The molecule has 118 valence electrons. The maximum Gasteiger partial charge on any atom is 0.0961 e. The summed E-state index contributed by atoms with van der Waals surface area (Å²) in [6.45, 7) is 6.10. The van der Waals surface area contributed by atoms with Crippen molar-refractivity contribution in [1.29, 1.82) is 0 Å². The van der Waals surface area contributed by atoms with Crippen LogP contribution in [-0.4, -0.2) is 34.1 Å². The second-order valence-corrected chi connectivity index (χ2v) is 7.34. The number of para-hydroxylation sites is 2. The van der Waals surface area contributed by atoms with E-state index >= 15 is 0 Å². The monoisotopic (exact) mass is 297 g/mol. The molecule has 22 heavy (non-hydrogen) atoms. The molecule has 1 aromatic heterocycles. The highest BCUT2D eigenvalue weighted by Crippen LogP contribution is 2.36. The van der Waals surface area contributed by atoms with Crippen LogP contribution in [0.25, 0.3) is 11.0 Å². The number of aromatic nitrogens is 2.